The molecule has 0 spiro atoms. The number of rotatable bonds is 7. The van der Waals surface area contributed by atoms with Crippen LogP contribution in [0.4, 0.5) is 0 Å². The minimum atomic E-state index is -4.93. The van der Waals surface area contributed by atoms with Gasteiger partial charge in [-0.15, -0.1) is 0 Å². The van der Waals surface area contributed by atoms with Crippen LogP contribution < -0.4 is 10.5 Å². The van der Waals surface area contributed by atoms with Gasteiger partial charge in [-0.3, -0.25) is 9.35 Å². The zero-order valence-electron chi connectivity index (χ0n) is 8.46. The lowest BCUT2D eigenvalue weighted by molar-refractivity contribution is -0.130. The molecule has 0 rings (SSSR count). The zero-order chi connectivity index (χ0) is 13.9. The van der Waals surface area contributed by atoms with Crippen molar-refractivity contribution in [3.63, 3.8) is 0 Å². The van der Waals surface area contributed by atoms with Crippen molar-refractivity contribution in [3.05, 3.63) is 0 Å². The van der Waals surface area contributed by atoms with Crippen LogP contribution in [0.15, 0.2) is 0 Å². The molecule has 0 aromatic rings. The molecule has 0 unspecified atom stereocenters. The lowest BCUT2D eigenvalue weighted by Crippen LogP contribution is -2.69. The van der Waals surface area contributed by atoms with E-state index in [9.17, 15) is 23.4 Å². The maximum Gasteiger partial charge on any atom is 0.335 e. The van der Waals surface area contributed by atoms with E-state index in [0.717, 1.165) is 0 Å². The largest absolute Gasteiger partial charge is 0.394 e. The molecular weight excluding hydrogens is 260 g/mol. The molecule has 102 valence electrons. The molecule has 0 saturated carbocycles. The van der Waals surface area contributed by atoms with E-state index in [1.54, 1.807) is 0 Å². The molecule has 0 bridgehead atoms. The normalized spacial score (nSPS) is 21.3. The quantitative estimate of drug-likeness (QED) is 0.136. The van der Waals surface area contributed by atoms with E-state index >= 15 is 0 Å². The molecule has 0 saturated heterocycles. The molecule has 0 heterocycles. The number of aldehydes is 1. The van der Waals surface area contributed by atoms with Crippen LogP contribution in [-0.2, 0) is 15.1 Å². The lowest BCUT2D eigenvalue weighted by atomic mass is 9.98. The number of aliphatic hydroxyl groups is 4. The van der Waals surface area contributed by atoms with Crippen molar-refractivity contribution < 1.29 is 38.2 Å². The predicted octanol–water partition coefficient (Wildman–Crippen LogP) is -4.69. The summed E-state index contributed by atoms with van der Waals surface area (Å²) in [5, 5.41) is 36.1. The van der Waals surface area contributed by atoms with Crippen LogP contribution in [0.2, 0.25) is 0 Å². The molecule has 0 aliphatic carbocycles. The average molecular weight is 274 g/mol. The van der Waals surface area contributed by atoms with E-state index in [1.165, 1.54) is 4.72 Å². The molecule has 4 atom stereocenters. The van der Waals surface area contributed by atoms with Gasteiger partial charge in [0.05, 0.1) is 6.61 Å². The number of nitrogens with one attached hydrogen (secondary N) is 1. The van der Waals surface area contributed by atoms with Gasteiger partial charge in [0.1, 0.15) is 18.3 Å². The Labute approximate surface area is 96.6 Å². The molecule has 0 aromatic heterocycles. The smallest absolute Gasteiger partial charge is 0.335 e. The van der Waals surface area contributed by atoms with Crippen LogP contribution in [0.25, 0.3) is 0 Å². The van der Waals surface area contributed by atoms with E-state index in [2.05, 4.69) is 0 Å². The van der Waals surface area contributed by atoms with Crippen LogP contribution in [0, 0.1) is 0 Å². The maximum absolute atomic E-state index is 10.6. The first kappa shape index (κ1) is 16.3. The minimum Gasteiger partial charge on any atom is -0.394 e. The summed E-state index contributed by atoms with van der Waals surface area (Å²) in [5.74, 6) is 0. The maximum atomic E-state index is 10.6. The summed E-state index contributed by atoms with van der Waals surface area (Å²) >= 11 is 0. The van der Waals surface area contributed by atoms with Gasteiger partial charge in [0.15, 0.2) is 11.9 Å². The molecular formula is C6H14N2O8S. The van der Waals surface area contributed by atoms with Crippen molar-refractivity contribution in [3.8, 4) is 0 Å². The lowest BCUT2D eigenvalue weighted by Gasteiger charge is -2.32. The molecule has 0 aliphatic heterocycles. The molecule has 0 radical (unpaired) electrons. The monoisotopic (exact) mass is 274 g/mol. The van der Waals surface area contributed by atoms with Gasteiger partial charge in [0, 0.05) is 0 Å². The van der Waals surface area contributed by atoms with Gasteiger partial charge in [-0.1, -0.05) is 0 Å². The molecule has 10 nitrogen and oxygen atoms in total. The van der Waals surface area contributed by atoms with Crippen LogP contribution in [0.3, 0.4) is 0 Å². The first-order valence-electron chi connectivity index (χ1n) is 4.24. The van der Waals surface area contributed by atoms with E-state index < -0.39 is 40.9 Å². The third-order valence-corrected chi connectivity index (χ3v) is 2.51. The van der Waals surface area contributed by atoms with Crippen LogP contribution in [0.5, 0.6) is 0 Å². The van der Waals surface area contributed by atoms with Crippen LogP contribution in [-0.4, -0.2) is 70.3 Å². The van der Waals surface area contributed by atoms with E-state index in [0.29, 0.717) is 0 Å². The van der Waals surface area contributed by atoms with Gasteiger partial charge in [0.2, 0.25) is 0 Å². The van der Waals surface area contributed by atoms with Gasteiger partial charge >= 0.3 is 10.3 Å². The summed E-state index contributed by atoms with van der Waals surface area (Å²) in [7, 11) is -4.93. The number of hydrogen-bond acceptors (Lipinski definition) is 8. The predicted molar refractivity (Wildman–Crippen MR) is 52.8 cm³/mol. The van der Waals surface area contributed by atoms with Gasteiger partial charge in [0.25, 0.3) is 0 Å². The first-order chi connectivity index (χ1) is 7.57. The second kappa shape index (κ2) is 5.79. The summed E-state index contributed by atoms with van der Waals surface area (Å²) in [6.07, 6.45) is -6.52. The summed E-state index contributed by atoms with van der Waals surface area (Å²) in [6.45, 7) is -0.959. The molecule has 17 heavy (non-hydrogen) atoms. The third-order valence-electron chi connectivity index (χ3n) is 1.89. The van der Waals surface area contributed by atoms with Gasteiger partial charge in [-0.05, 0) is 0 Å². The molecule has 8 N–H and O–H groups in total. The van der Waals surface area contributed by atoms with Crippen molar-refractivity contribution >= 4 is 16.6 Å². The molecule has 0 fully saturated rings. The summed E-state index contributed by atoms with van der Waals surface area (Å²) < 4.78 is 30.6. The van der Waals surface area contributed by atoms with Gasteiger partial charge in [-0.25, -0.2) is 0 Å². The fourth-order valence-electron chi connectivity index (χ4n) is 0.979. The molecule has 0 aromatic carbocycles. The van der Waals surface area contributed by atoms with Gasteiger partial charge in [-0.2, -0.15) is 13.1 Å². The standard InChI is InChI=1S/C6H14N2O8S/c7-6(2-10,8-17(14,15)16)5(13)4(12)3(11)1-9/h2-5,8-9,11-13H,1,7H2,(H,14,15,16)/t3-,4-,5+,6-/m1/s1. The van der Waals surface area contributed by atoms with Crippen molar-refractivity contribution in [2.75, 3.05) is 6.61 Å². The summed E-state index contributed by atoms with van der Waals surface area (Å²) in [6, 6.07) is 0. The topological polar surface area (TPSA) is 190 Å². The Kier molecular flexibility index (Phi) is 5.57. The Bertz CT molecular complexity index is 359. The van der Waals surface area contributed by atoms with Crippen molar-refractivity contribution in [2.24, 2.45) is 5.73 Å². The van der Waals surface area contributed by atoms with E-state index in [1.807, 2.05) is 0 Å². The number of carbonyl (C=O) groups excluding carboxylic acids is 1. The fourth-order valence-corrected chi connectivity index (χ4v) is 1.59. The Morgan fingerprint density at radius 3 is 2.12 bits per heavy atom. The van der Waals surface area contributed by atoms with Crippen LogP contribution >= 0.6 is 0 Å². The minimum absolute atomic E-state index is 0.279. The fraction of sp³-hybridized carbons (Fsp3) is 0.833. The van der Waals surface area contributed by atoms with Crippen molar-refractivity contribution in [1.29, 1.82) is 0 Å². The molecule has 0 aliphatic rings. The molecule has 11 heteroatoms. The second-order valence-corrected chi connectivity index (χ2v) is 4.47. The molecule has 0 amide bonds. The number of aliphatic hydroxyl groups excluding tert-OH is 4. The second-order valence-electron chi connectivity index (χ2n) is 3.31. The zero-order valence-corrected chi connectivity index (χ0v) is 9.28. The summed E-state index contributed by atoms with van der Waals surface area (Å²) in [5.41, 5.74) is 2.35. The highest BCUT2D eigenvalue weighted by atomic mass is 32.2. The van der Waals surface area contributed by atoms with E-state index in [4.69, 9.17) is 20.5 Å². The van der Waals surface area contributed by atoms with Crippen molar-refractivity contribution in [2.45, 2.75) is 24.0 Å². The highest BCUT2D eigenvalue weighted by molar-refractivity contribution is 7.83. The summed E-state index contributed by atoms with van der Waals surface area (Å²) in [4.78, 5) is 10.6. The Morgan fingerprint density at radius 1 is 1.35 bits per heavy atom. The van der Waals surface area contributed by atoms with E-state index in [-0.39, 0.29) is 6.29 Å². The number of nitrogens with two attached hydrogens (primary N) is 1. The van der Waals surface area contributed by atoms with Crippen LogP contribution in [0.1, 0.15) is 0 Å². The third kappa shape index (κ3) is 4.61. The van der Waals surface area contributed by atoms with Gasteiger partial charge < -0.3 is 26.2 Å². The Morgan fingerprint density at radius 2 is 1.82 bits per heavy atom. The Balaban J connectivity index is 5.04. The average Bonchev–Trinajstić information content (AvgIpc) is 2.23. The SMILES string of the molecule is N[C@](C=O)(NS(=O)(=O)O)[C@@H](O)[C@H](O)[C@H](O)CO. The highest BCUT2D eigenvalue weighted by Gasteiger charge is 2.43. The number of carbonyl (C=O) groups is 1. The highest BCUT2D eigenvalue weighted by Crippen LogP contribution is 2.10. The number of hydrogen-bond donors (Lipinski definition) is 7. The Hall–Kier alpha value is -0.660. The first-order valence-corrected chi connectivity index (χ1v) is 5.68. The van der Waals surface area contributed by atoms with Crippen molar-refractivity contribution in [1.82, 2.24) is 4.72 Å².